The van der Waals surface area contributed by atoms with E-state index in [1.807, 2.05) is 0 Å². The molecule has 3 rings (SSSR count). The minimum Gasteiger partial charge on any atom is -0.464 e. The maximum atomic E-state index is 12.4. The van der Waals surface area contributed by atoms with Crippen molar-refractivity contribution in [2.45, 2.75) is 26.4 Å². The highest BCUT2D eigenvalue weighted by molar-refractivity contribution is 6.22. The van der Waals surface area contributed by atoms with E-state index in [1.54, 1.807) is 38.2 Å². The first-order chi connectivity index (χ1) is 13.3. The summed E-state index contributed by atoms with van der Waals surface area (Å²) in [4.78, 5) is 51.5. The number of amides is 3. The first kappa shape index (κ1) is 19.3. The van der Waals surface area contributed by atoms with Crippen molar-refractivity contribution < 1.29 is 28.3 Å². The quantitative estimate of drug-likeness (QED) is 0.556. The van der Waals surface area contributed by atoms with Crippen LogP contribution in [0, 0.1) is 6.92 Å². The number of esters is 1. The summed E-state index contributed by atoms with van der Waals surface area (Å²) >= 11 is 0. The number of nitrogens with zero attached hydrogens (tertiary/aromatic N) is 2. The van der Waals surface area contributed by atoms with E-state index in [0.717, 1.165) is 10.7 Å². The molecule has 8 nitrogen and oxygen atoms in total. The van der Waals surface area contributed by atoms with Crippen molar-refractivity contribution in [3.63, 3.8) is 0 Å². The molecule has 0 spiro atoms. The molecule has 1 aliphatic rings. The molecular formula is C20H20N2O6. The fourth-order valence-electron chi connectivity index (χ4n) is 2.92. The van der Waals surface area contributed by atoms with Gasteiger partial charge in [-0.3, -0.25) is 19.3 Å². The predicted molar refractivity (Wildman–Crippen MR) is 97.3 cm³/mol. The van der Waals surface area contributed by atoms with Gasteiger partial charge in [0, 0.05) is 7.05 Å². The first-order valence-electron chi connectivity index (χ1n) is 8.72. The lowest BCUT2D eigenvalue weighted by Gasteiger charge is -2.21. The number of hydrogen-bond donors (Lipinski definition) is 0. The van der Waals surface area contributed by atoms with Gasteiger partial charge in [-0.2, -0.15) is 0 Å². The summed E-state index contributed by atoms with van der Waals surface area (Å²) in [5.74, 6) is -1.03. The second kappa shape index (κ2) is 7.67. The Hall–Kier alpha value is -3.42. The standard InChI is InChI=1S/C20H20N2O6/c1-12-8-9-14(28-12)10-21(3)17(23)11-27-20(26)13(2)22-18(24)15-6-4-5-7-16(15)19(22)25/h4-9,13H,10-11H2,1-3H3/t13-/m0/s1. The normalized spacial score (nSPS) is 14.0. The van der Waals surface area contributed by atoms with E-state index in [4.69, 9.17) is 9.15 Å². The van der Waals surface area contributed by atoms with Crippen LogP contribution in [0.5, 0.6) is 0 Å². The minimum absolute atomic E-state index is 0.234. The van der Waals surface area contributed by atoms with Crippen LogP contribution in [0.25, 0.3) is 0 Å². The van der Waals surface area contributed by atoms with E-state index in [2.05, 4.69) is 0 Å². The Bertz CT molecular complexity index is 913. The van der Waals surface area contributed by atoms with Gasteiger partial charge in [-0.05, 0) is 38.1 Å². The molecule has 1 aliphatic heterocycles. The maximum absolute atomic E-state index is 12.4. The van der Waals surface area contributed by atoms with Gasteiger partial charge in [0.15, 0.2) is 6.61 Å². The van der Waals surface area contributed by atoms with Gasteiger partial charge in [-0.15, -0.1) is 0 Å². The van der Waals surface area contributed by atoms with E-state index in [-0.39, 0.29) is 17.7 Å². The van der Waals surface area contributed by atoms with Crippen LogP contribution in [0.3, 0.4) is 0 Å². The van der Waals surface area contributed by atoms with Gasteiger partial charge in [-0.25, -0.2) is 4.79 Å². The fraction of sp³-hybridized carbons (Fsp3) is 0.300. The Morgan fingerprint density at radius 1 is 1.11 bits per heavy atom. The number of fused-ring (bicyclic) bond motifs is 1. The molecule has 0 bridgehead atoms. The molecule has 1 aromatic carbocycles. The Morgan fingerprint density at radius 3 is 2.25 bits per heavy atom. The third-order valence-corrected chi connectivity index (χ3v) is 4.51. The van der Waals surface area contributed by atoms with Crippen LogP contribution in [0.1, 0.15) is 39.2 Å². The highest BCUT2D eigenvalue weighted by Gasteiger charge is 2.41. The molecule has 0 radical (unpaired) electrons. The van der Waals surface area contributed by atoms with E-state index in [0.29, 0.717) is 5.76 Å². The van der Waals surface area contributed by atoms with E-state index in [9.17, 15) is 19.2 Å². The number of hydrogen-bond acceptors (Lipinski definition) is 6. The number of imide groups is 1. The minimum atomic E-state index is -1.14. The van der Waals surface area contributed by atoms with Crippen molar-refractivity contribution in [1.82, 2.24) is 9.80 Å². The molecule has 1 aromatic heterocycles. The first-order valence-corrected chi connectivity index (χ1v) is 8.72. The second-order valence-corrected chi connectivity index (χ2v) is 6.57. The molecule has 2 heterocycles. The van der Waals surface area contributed by atoms with Crippen molar-refractivity contribution in [3.05, 3.63) is 59.0 Å². The Labute approximate surface area is 161 Å². The van der Waals surface area contributed by atoms with Crippen LogP contribution in [-0.2, 0) is 20.9 Å². The summed E-state index contributed by atoms with van der Waals surface area (Å²) in [6, 6.07) is 8.76. The molecule has 0 saturated heterocycles. The summed E-state index contributed by atoms with van der Waals surface area (Å²) in [5, 5.41) is 0. The van der Waals surface area contributed by atoms with Crippen molar-refractivity contribution >= 4 is 23.7 Å². The second-order valence-electron chi connectivity index (χ2n) is 6.57. The van der Waals surface area contributed by atoms with Gasteiger partial charge in [-0.1, -0.05) is 12.1 Å². The fourth-order valence-corrected chi connectivity index (χ4v) is 2.92. The maximum Gasteiger partial charge on any atom is 0.329 e. The van der Waals surface area contributed by atoms with E-state index < -0.39 is 36.3 Å². The van der Waals surface area contributed by atoms with Crippen molar-refractivity contribution in [2.75, 3.05) is 13.7 Å². The lowest BCUT2D eigenvalue weighted by Crippen LogP contribution is -2.44. The van der Waals surface area contributed by atoms with Crippen LogP contribution in [-0.4, -0.2) is 53.2 Å². The number of carbonyl (C=O) groups is 4. The van der Waals surface area contributed by atoms with Gasteiger partial charge >= 0.3 is 5.97 Å². The average molecular weight is 384 g/mol. The van der Waals surface area contributed by atoms with Crippen molar-refractivity contribution in [3.8, 4) is 0 Å². The number of ether oxygens (including phenoxy) is 1. The van der Waals surface area contributed by atoms with Crippen LogP contribution in [0.4, 0.5) is 0 Å². The molecule has 28 heavy (non-hydrogen) atoms. The van der Waals surface area contributed by atoms with Crippen LogP contribution >= 0.6 is 0 Å². The highest BCUT2D eigenvalue weighted by atomic mass is 16.5. The molecule has 1 atom stereocenters. The smallest absolute Gasteiger partial charge is 0.329 e. The number of aryl methyl sites for hydroxylation is 1. The summed E-state index contributed by atoms with van der Waals surface area (Å²) in [5.41, 5.74) is 0.494. The summed E-state index contributed by atoms with van der Waals surface area (Å²) in [7, 11) is 1.56. The predicted octanol–water partition coefficient (Wildman–Crippen LogP) is 1.77. The number of likely N-dealkylation sites (N-methyl/N-ethyl adjacent to an activating group) is 1. The molecule has 0 fully saturated rings. The zero-order chi connectivity index (χ0) is 20.4. The Morgan fingerprint density at radius 2 is 1.71 bits per heavy atom. The van der Waals surface area contributed by atoms with Gasteiger partial charge in [0.2, 0.25) is 0 Å². The van der Waals surface area contributed by atoms with Gasteiger partial charge in [0.25, 0.3) is 17.7 Å². The number of carbonyl (C=O) groups excluding carboxylic acids is 4. The van der Waals surface area contributed by atoms with Crippen molar-refractivity contribution in [2.24, 2.45) is 0 Å². The third kappa shape index (κ3) is 3.66. The third-order valence-electron chi connectivity index (χ3n) is 4.51. The lowest BCUT2D eigenvalue weighted by atomic mass is 10.1. The zero-order valence-electron chi connectivity index (χ0n) is 15.8. The molecule has 2 aromatic rings. The zero-order valence-corrected chi connectivity index (χ0v) is 15.8. The van der Waals surface area contributed by atoms with E-state index >= 15 is 0 Å². The molecule has 146 valence electrons. The molecule has 3 amide bonds. The molecule has 0 aliphatic carbocycles. The number of benzene rings is 1. The molecule has 0 unspecified atom stereocenters. The van der Waals surface area contributed by atoms with E-state index in [1.165, 1.54) is 24.0 Å². The van der Waals surface area contributed by atoms with Crippen molar-refractivity contribution in [1.29, 1.82) is 0 Å². The highest BCUT2D eigenvalue weighted by Crippen LogP contribution is 2.24. The Kier molecular flexibility index (Phi) is 5.30. The van der Waals surface area contributed by atoms with Gasteiger partial charge < -0.3 is 14.1 Å². The number of furan rings is 1. The van der Waals surface area contributed by atoms with Gasteiger partial charge in [0.05, 0.1) is 17.7 Å². The molecule has 0 saturated carbocycles. The molecule has 0 N–H and O–H groups in total. The van der Waals surface area contributed by atoms with Crippen LogP contribution < -0.4 is 0 Å². The lowest BCUT2D eigenvalue weighted by molar-refractivity contribution is -0.154. The molecule has 8 heteroatoms. The average Bonchev–Trinajstić information content (AvgIpc) is 3.20. The van der Waals surface area contributed by atoms with Crippen LogP contribution in [0.2, 0.25) is 0 Å². The van der Waals surface area contributed by atoms with Gasteiger partial charge in [0.1, 0.15) is 17.6 Å². The monoisotopic (exact) mass is 384 g/mol. The number of rotatable bonds is 6. The largest absolute Gasteiger partial charge is 0.464 e. The SMILES string of the molecule is Cc1ccc(CN(C)C(=O)COC(=O)[C@H](C)N2C(=O)c3ccccc3C2=O)o1. The summed E-state index contributed by atoms with van der Waals surface area (Å²) in [6.07, 6.45) is 0. The topological polar surface area (TPSA) is 97.1 Å². The Balaban J connectivity index is 1.57. The summed E-state index contributed by atoms with van der Waals surface area (Å²) in [6.45, 7) is 2.93. The molecular weight excluding hydrogens is 364 g/mol. The summed E-state index contributed by atoms with van der Waals surface area (Å²) < 4.78 is 10.4. The van der Waals surface area contributed by atoms with Crippen LogP contribution in [0.15, 0.2) is 40.8 Å².